The molecule has 0 unspecified atom stereocenters. The van der Waals surface area contributed by atoms with Crippen molar-refractivity contribution in [3.8, 4) is 0 Å². The lowest BCUT2D eigenvalue weighted by atomic mass is 10.2. The van der Waals surface area contributed by atoms with Gasteiger partial charge in [-0.1, -0.05) is 30.7 Å². The topological polar surface area (TPSA) is 95.6 Å². The van der Waals surface area contributed by atoms with Crippen molar-refractivity contribution in [1.29, 1.82) is 0 Å². The molecule has 2 amide bonds. The highest BCUT2D eigenvalue weighted by Gasteiger charge is 2.25. The summed E-state index contributed by atoms with van der Waals surface area (Å²) in [4.78, 5) is 23.6. The summed E-state index contributed by atoms with van der Waals surface area (Å²) in [6, 6.07) is 13.1. The fourth-order valence-electron chi connectivity index (χ4n) is 2.46. The Hall–Kier alpha value is -2.71. The Balaban J connectivity index is 2.10. The lowest BCUT2D eigenvalue weighted by Gasteiger charge is -2.20. The van der Waals surface area contributed by atoms with E-state index in [1.165, 1.54) is 19.1 Å². The molecule has 7 nitrogen and oxygen atoms in total. The van der Waals surface area contributed by atoms with E-state index in [4.69, 9.17) is 0 Å². The Bertz CT molecular complexity index is 924. The van der Waals surface area contributed by atoms with Crippen LogP contribution < -0.4 is 10.6 Å². The number of rotatable bonds is 7. The van der Waals surface area contributed by atoms with Crippen LogP contribution in [0, 0.1) is 6.92 Å². The quantitative estimate of drug-likeness (QED) is 0.761. The maximum absolute atomic E-state index is 12.7. The standard InChI is InChI=1S/C19H23N3O4S/c1-4-22(27(25,26)18-10-8-14(2)9-11-18)13-19(24)21-17-7-5-6-16(12-17)20-15(3)23/h5-12H,4,13H2,1-3H3,(H,20,23)(H,21,24). The van der Waals surface area contributed by atoms with Gasteiger partial charge in [-0.15, -0.1) is 0 Å². The summed E-state index contributed by atoms with van der Waals surface area (Å²) in [5, 5.41) is 5.28. The van der Waals surface area contributed by atoms with Gasteiger partial charge >= 0.3 is 0 Å². The van der Waals surface area contributed by atoms with Gasteiger partial charge in [-0.3, -0.25) is 9.59 Å². The molecule has 8 heteroatoms. The molecule has 144 valence electrons. The second kappa shape index (κ2) is 8.79. The smallest absolute Gasteiger partial charge is 0.243 e. The number of hydrogen-bond acceptors (Lipinski definition) is 4. The van der Waals surface area contributed by atoms with Gasteiger partial charge < -0.3 is 10.6 Å². The van der Waals surface area contributed by atoms with Crippen LogP contribution in [0.15, 0.2) is 53.4 Å². The number of carbonyl (C=O) groups is 2. The van der Waals surface area contributed by atoms with Crippen molar-refractivity contribution >= 4 is 33.2 Å². The van der Waals surface area contributed by atoms with Gasteiger partial charge in [0.05, 0.1) is 11.4 Å². The van der Waals surface area contributed by atoms with Gasteiger partial charge in [0.15, 0.2) is 0 Å². The first-order valence-corrected chi connectivity index (χ1v) is 9.90. The van der Waals surface area contributed by atoms with Gasteiger partial charge in [-0.25, -0.2) is 8.42 Å². The van der Waals surface area contributed by atoms with Gasteiger partial charge in [0.25, 0.3) is 0 Å². The fraction of sp³-hybridized carbons (Fsp3) is 0.263. The Morgan fingerprint density at radius 2 is 1.59 bits per heavy atom. The molecule has 0 aliphatic carbocycles. The highest BCUT2D eigenvalue weighted by molar-refractivity contribution is 7.89. The number of likely N-dealkylation sites (N-methyl/N-ethyl adjacent to an activating group) is 1. The molecular formula is C19H23N3O4S. The number of nitrogens with zero attached hydrogens (tertiary/aromatic N) is 1. The number of carbonyl (C=O) groups excluding carboxylic acids is 2. The largest absolute Gasteiger partial charge is 0.326 e. The van der Waals surface area contributed by atoms with Crippen LogP contribution in [0.2, 0.25) is 0 Å². The molecule has 0 fully saturated rings. The minimum atomic E-state index is -3.76. The predicted octanol–water partition coefficient (Wildman–Crippen LogP) is 2.60. The molecule has 2 aromatic carbocycles. The highest BCUT2D eigenvalue weighted by atomic mass is 32.2. The first-order chi connectivity index (χ1) is 12.7. The first-order valence-electron chi connectivity index (χ1n) is 8.46. The van der Waals surface area contributed by atoms with Gasteiger partial charge in [-0.2, -0.15) is 4.31 Å². The van der Waals surface area contributed by atoms with E-state index in [9.17, 15) is 18.0 Å². The summed E-state index contributed by atoms with van der Waals surface area (Å²) >= 11 is 0. The molecule has 0 aromatic heterocycles. The minimum absolute atomic E-state index is 0.149. The van der Waals surface area contributed by atoms with E-state index in [1.807, 2.05) is 6.92 Å². The summed E-state index contributed by atoms with van der Waals surface area (Å²) in [5.41, 5.74) is 1.96. The molecule has 2 aromatic rings. The lowest BCUT2D eigenvalue weighted by molar-refractivity contribution is -0.116. The third-order valence-electron chi connectivity index (χ3n) is 3.80. The predicted molar refractivity (Wildman–Crippen MR) is 105 cm³/mol. The van der Waals surface area contributed by atoms with Crippen molar-refractivity contribution < 1.29 is 18.0 Å². The van der Waals surface area contributed by atoms with E-state index in [-0.39, 0.29) is 23.9 Å². The Kier molecular flexibility index (Phi) is 6.70. The number of anilines is 2. The Labute approximate surface area is 159 Å². The molecule has 2 rings (SSSR count). The molecule has 0 aliphatic rings. The van der Waals surface area contributed by atoms with E-state index in [0.717, 1.165) is 9.87 Å². The van der Waals surface area contributed by atoms with Crippen LogP contribution in [0.4, 0.5) is 11.4 Å². The average molecular weight is 389 g/mol. The second-order valence-electron chi connectivity index (χ2n) is 6.05. The van der Waals surface area contributed by atoms with Crippen molar-refractivity contribution in [2.24, 2.45) is 0 Å². The number of nitrogens with one attached hydrogen (secondary N) is 2. The second-order valence-corrected chi connectivity index (χ2v) is 7.99. The molecule has 0 radical (unpaired) electrons. The molecule has 2 N–H and O–H groups in total. The van der Waals surface area contributed by atoms with Crippen LogP contribution in [0.3, 0.4) is 0 Å². The van der Waals surface area contributed by atoms with Crippen LogP contribution in [-0.4, -0.2) is 37.6 Å². The Morgan fingerprint density at radius 3 is 2.15 bits per heavy atom. The summed E-state index contributed by atoms with van der Waals surface area (Å²) in [6.07, 6.45) is 0. The van der Waals surface area contributed by atoms with Crippen LogP contribution in [0.1, 0.15) is 19.4 Å². The normalized spacial score (nSPS) is 11.3. The summed E-state index contributed by atoms with van der Waals surface area (Å²) in [6.45, 7) is 4.79. The number of aryl methyl sites for hydroxylation is 1. The van der Waals surface area contributed by atoms with Gasteiger partial charge in [0.2, 0.25) is 21.8 Å². The SMILES string of the molecule is CCN(CC(=O)Nc1cccc(NC(C)=O)c1)S(=O)(=O)c1ccc(C)cc1. The molecule has 0 bridgehead atoms. The number of benzene rings is 2. The van der Waals surface area contributed by atoms with E-state index < -0.39 is 15.9 Å². The van der Waals surface area contributed by atoms with Crippen molar-refractivity contribution in [3.05, 3.63) is 54.1 Å². The lowest BCUT2D eigenvalue weighted by Crippen LogP contribution is -2.37. The van der Waals surface area contributed by atoms with Crippen molar-refractivity contribution in [1.82, 2.24) is 4.31 Å². The maximum Gasteiger partial charge on any atom is 0.243 e. The minimum Gasteiger partial charge on any atom is -0.326 e. The molecule has 0 aliphatic heterocycles. The first kappa shape index (κ1) is 20.6. The molecule has 0 heterocycles. The Morgan fingerprint density at radius 1 is 1.00 bits per heavy atom. The molecular weight excluding hydrogens is 366 g/mol. The van der Waals surface area contributed by atoms with Crippen molar-refractivity contribution in [3.63, 3.8) is 0 Å². The van der Waals surface area contributed by atoms with E-state index in [2.05, 4.69) is 10.6 Å². The number of hydrogen-bond donors (Lipinski definition) is 2. The van der Waals surface area contributed by atoms with Crippen LogP contribution in [-0.2, 0) is 19.6 Å². The number of sulfonamides is 1. The third-order valence-corrected chi connectivity index (χ3v) is 5.73. The molecule has 27 heavy (non-hydrogen) atoms. The van der Waals surface area contributed by atoms with Crippen LogP contribution >= 0.6 is 0 Å². The van der Waals surface area contributed by atoms with Gasteiger partial charge in [0.1, 0.15) is 0 Å². The van der Waals surface area contributed by atoms with E-state index in [1.54, 1.807) is 43.3 Å². The monoisotopic (exact) mass is 389 g/mol. The average Bonchev–Trinajstić information content (AvgIpc) is 2.59. The van der Waals surface area contributed by atoms with E-state index in [0.29, 0.717) is 11.4 Å². The molecule has 0 saturated carbocycles. The molecule has 0 saturated heterocycles. The molecule has 0 atom stereocenters. The summed E-state index contributed by atoms with van der Waals surface area (Å²) < 4.78 is 26.6. The van der Waals surface area contributed by atoms with Crippen molar-refractivity contribution in [2.45, 2.75) is 25.7 Å². The molecule has 0 spiro atoms. The maximum atomic E-state index is 12.7. The van der Waals surface area contributed by atoms with Gasteiger partial charge in [0, 0.05) is 24.8 Å². The fourth-order valence-corrected chi connectivity index (χ4v) is 3.87. The zero-order valence-corrected chi connectivity index (χ0v) is 16.3. The zero-order chi connectivity index (χ0) is 20.0. The summed E-state index contributed by atoms with van der Waals surface area (Å²) in [5.74, 6) is -0.688. The van der Waals surface area contributed by atoms with E-state index >= 15 is 0 Å². The zero-order valence-electron chi connectivity index (χ0n) is 15.5. The number of amides is 2. The summed E-state index contributed by atoms with van der Waals surface area (Å²) in [7, 11) is -3.76. The third kappa shape index (κ3) is 5.63. The van der Waals surface area contributed by atoms with Crippen LogP contribution in [0.25, 0.3) is 0 Å². The highest BCUT2D eigenvalue weighted by Crippen LogP contribution is 2.18. The van der Waals surface area contributed by atoms with Crippen molar-refractivity contribution in [2.75, 3.05) is 23.7 Å². The van der Waals surface area contributed by atoms with Gasteiger partial charge in [-0.05, 0) is 37.3 Å². The van der Waals surface area contributed by atoms with Crippen LogP contribution in [0.5, 0.6) is 0 Å².